The minimum atomic E-state index is -0.318. The molecule has 0 aliphatic rings. The van der Waals surface area contributed by atoms with Crippen LogP contribution in [0, 0.1) is 0 Å². The first-order chi connectivity index (χ1) is 8.22. The highest BCUT2D eigenvalue weighted by atomic mass is 16.5. The van der Waals surface area contributed by atoms with Crippen LogP contribution in [0.1, 0.15) is 31.2 Å². The van der Waals surface area contributed by atoms with Gasteiger partial charge in [0, 0.05) is 12.8 Å². The zero-order valence-corrected chi connectivity index (χ0v) is 10.1. The number of ketones is 1. The standard InChI is InChI=1S/C14H18O3/c1-17-14(16)11-10-13(15)9-5-8-12-6-3-2-4-7-12/h2-4,6-7H,5,8-11H2,1H3. The zero-order valence-electron chi connectivity index (χ0n) is 10.1. The molecule has 0 aliphatic heterocycles. The Balaban J connectivity index is 2.14. The number of Topliss-reactive ketones (excluding diaryl/α,β-unsaturated/α-hetero) is 1. The third-order valence-electron chi connectivity index (χ3n) is 2.60. The Morgan fingerprint density at radius 1 is 1.06 bits per heavy atom. The molecule has 0 amide bonds. The summed E-state index contributed by atoms with van der Waals surface area (Å²) < 4.78 is 4.48. The van der Waals surface area contributed by atoms with Crippen molar-refractivity contribution in [1.82, 2.24) is 0 Å². The van der Waals surface area contributed by atoms with E-state index in [0.29, 0.717) is 12.8 Å². The third-order valence-corrected chi connectivity index (χ3v) is 2.60. The number of hydrogen-bond donors (Lipinski definition) is 0. The van der Waals surface area contributed by atoms with E-state index < -0.39 is 0 Å². The Morgan fingerprint density at radius 3 is 2.41 bits per heavy atom. The van der Waals surface area contributed by atoms with Crippen molar-refractivity contribution < 1.29 is 14.3 Å². The summed E-state index contributed by atoms with van der Waals surface area (Å²) in [7, 11) is 1.34. The van der Waals surface area contributed by atoms with Gasteiger partial charge >= 0.3 is 5.97 Å². The van der Waals surface area contributed by atoms with E-state index in [4.69, 9.17) is 0 Å². The number of esters is 1. The number of benzene rings is 1. The number of ether oxygens (including phenoxy) is 1. The maximum Gasteiger partial charge on any atom is 0.305 e. The molecule has 0 unspecified atom stereocenters. The normalized spacial score (nSPS) is 9.94. The van der Waals surface area contributed by atoms with E-state index in [2.05, 4.69) is 16.9 Å². The number of methoxy groups -OCH3 is 1. The molecule has 0 saturated heterocycles. The lowest BCUT2D eigenvalue weighted by molar-refractivity contribution is -0.141. The Morgan fingerprint density at radius 2 is 1.76 bits per heavy atom. The Bertz CT molecular complexity index is 357. The lowest BCUT2D eigenvalue weighted by Gasteiger charge is -2.01. The van der Waals surface area contributed by atoms with Crippen LogP contribution >= 0.6 is 0 Å². The molecule has 1 rings (SSSR count). The molecule has 0 aliphatic carbocycles. The maximum absolute atomic E-state index is 11.4. The highest BCUT2D eigenvalue weighted by Gasteiger charge is 2.06. The highest BCUT2D eigenvalue weighted by Crippen LogP contribution is 2.06. The van der Waals surface area contributed by atoms with Crippen LogP contribution in [0.25, 0.3) is 0 Å². The second kappa shape index (κ2) is 7.60. The smallest absolute Gasteiger partial charge is 0.305 e. The topological polar surface area (TPSA) is 43.4 Å². The van der Waals surface area contributed by atoms with Crippen LogP contribution < -0.4 is 0 Å². The maximum atomic E-state index is 11.4. The van der Waals surface area contributed by atoms with Crippen LogP contribution in [0.2, 0.25) is 0 Å². The fourth-order valence-corrected chi connectivity index (χ4v) is 1.60. The van der Waals surface area contributed by atoms with Gasteiger partial charge in [0.15, 0.2) is 0 Å². The van der Waals surface area contributed by atoms with E-state index in [1.54, 1.807) is 0 Å². The number of aryl methyl sites for hydroxylation is 1. The predicted molar refractivity (Wildman–Crippen MR) is 65.6 cm³/mol. The summed E-state index contributed by atoms with van der Waals surface area (Å²) in [5, 5.41) is 0. The zero-order chi connectivity index (χ0) is 12.5. The monoisotopic (exact) mass is 234 g/mol. The molecule has 92 valence electrons. The summed E-state index contributed by atoms with van der Waals surface area (Å²) in [5.41, 5.74) is 1.24. The Hall–Kier alpha value is -1.64. The van der Waals surface area contributed by atoms with E-state index in [9.17, 15) is 9.59 Å². The lowest BCUT2D eigenvalue weighted by atomic mass is 10.0. The summed E-state index contributed by atoms with van der Waals surface area (Å²) in [6, 6.07) is 10.1. The van der Waals surface area contributed by atoms with E-state index >= 15 is 0 Å². The summed E-state index contributed by atoms with van der Waals surface area (Å²) in [6.07, 6.45) is 2.77. The molecule has 0 N–H and O–H groups in total. The molecule has 1 aromatic rings. The Labute approximate surface area is 102 Å². The van der Waals surface area contributed by atoms with Gasteiger partial charge in [-0.1, -0.05) is 30.3 Å². The predicted octanol–water partition coefficient (Wildman–Crippen LogP) is 2.53. The molecule has 0 bridgehead atoms. The van der Waals surface area contributed by atoms with Crippen LogP contribution in [-0.2, 0) is 20.7 Å². The molecule has 0 aromatic heterocycles. The SMILES string of the molecule is COC(=O)CCC(=O)CCCc1ccccc1. The summed E-state index contributed by atoms with van der Waals surface area (Å²) in [4.78, 5) is 22.3. The highest BCUT2D eigenvalue weighted by molar-refractivity contribution is 5.82. The second-order valence-corrected chi connectivity index (χ2v) is 3.95. The van der Waals surface area contributed by atoms with E-state index in [0.717, 1.165) is 12.8 Å². The molecule has 0 heterocycles. The van der Waals surface area contributed by atoms with Crippen molar-refractivity contribution in [1.29, 1.82) is 0 Å². The summed E-state index contributed by atoms with van der Waals surface area (Å²) in [5.74, 6) is -0.187. The van der Waals surface area contributed by atoms with Gasteiger partial charge < -0.3 is 4.74 Å². The molecule has 0 radical (unpaired) electrons. The second-order valence-electron chi connectivity index (χ2n) is 3.95. The molecular weight excluding hydrogens is 216 g/mol. The molecule has 0 saturated carbocycles. The summed E-state index contributed by atoms with van der Waals surface area (Å²) in [6.45, 7) is 0. The van der Waals surface area contributed by atoms with Gasteiger partial charge in [0.2, 0.25) is 0 Å². The molecule has 3 nitrogen and oxygen atoms in total. The first-order valence-electron chi connectivity index (χ1n) is 5.85. The molecular formula is C14H18O3. The van der Waals surface area contributed by atoms with Crippen LogP contribution in [-0.4, -0.2) is 18.9 Å². The molecule has 1 aromatic carbocycles. The third kappa shape index (κ3) is 5.85. The van der Waals surface area contributed by atoms with Crippen molar-refractivity contribution >= 4 is 11.8 Å². The van der Waals surface area contributed by atoms with Crippen LogP contribution in [0.5, 0.6) is 0 Å². The van der Waals surface area contributed by atoms with Gasteiger partial charge in [-0.05, 0) is 18.4 Å². The fraction of sp³-hybridized carbons (Fsp3) is 0.429. The molecule has 0 fully saturated rings. The van der Waals surface area contributed by atoms with E-state index in [1.807, 2.05) is 18.2 Å². The molecule has 17 heavy (non-hydrogen) atoms. The van der Waals surface area contributed by atoms with Gasteiger partial charge in [0.1, 0.15) is 5.78 Å². The average molecular weight is 234 g/mol. The fourth-order valence-electron chi connectivity index (χ4n) is 1.60. The van der Waals surface area contributed by atoms with Crippen LogP contribution in [0.4, 0.5) is 0 Å². The lowest BCUT2D eigenvalue weighted by Crippen LogP contribution is -2.05. The minimum absolute atomic E-state index is 0.131. The number of hydrogen-bond acceptors (Lipinski definition) is 3. The molecule has 0 atom stereocenters. The van der Waals surface area contributed by atoms with Crippen LogP contribution in [0.15, 0.2) is 30.3 Å². The first kappa shape index (κ1) is 13.4. The van der Waals surface area contributed by atoms with Gasteiger partial charge in [-0.2, -0.15) is 0 Å². The van der Waals surface area contributed by atoms with Crippen molar-refractivity contribution in [2.24, 2.45) is 0 Å². The van der Waals surface area contributed by atoms with Crippen molar-refractivity contribution in [3.05, 3.63) is 35.9 Å². The van der Waals surface area contributed by atoms with Gasteiger partial charge in [0.25, 0.3) is 0 Å². The molecule has 3 heteroatoms. The summed E-state index contributed by atoms with van der Waals surface area (Å²) >= 11 is 0. The molecule has 0 spiro atoms. The van der Waals surface area contributed by atoms with E-state index in [1.165, 1.54) is 12.7 Å². The van der Waals surface area contributed by atoms with E-state index in [-0.39, 0.29) is 18.2 Å². The number of rotatable bonds is 7. The average Bonchev–Trinajstić information content (AvgIpc) is 2.37. The minimum Gasteiger partial charge on any atom is -0.469 e. The van der Waals surface area contributed by atoms with Gasteiger partial charge in [-0.3, -0.25) is 9.59 Å². The Kier molecular flexibility index (Phi) is 6.00. The quantitative estimate of drug-likeness (QED) is 0.681. The van der Waals surface area contributed by atoms with Crippen molar-refractivity contribution in [3.63, 3.8) is 0 Å². The van der Waals surface area contributed by atoms with Crippen molar-refractivity contribution in [2.75, 3.05) is 7.11 Å². The first-order valence-corrected chi connectivity index (χ1v) is 5.85. The van der Waals surface area contributed by atoms with Gasteiger partial charge in [-0.25, -0.2) is 0 Å². The number of carbonyl (C=O) groups excluding carboxylic acids is 2. The van der Waals surface area contributed by atoms with Crippen LogP contribution in [0.3, 0.4) is 0 Å². The van der Waals surface area contributed by atoms with Gasteiger partial charge in [-0.15, -0.1) is 0 Å². The van der Waals surface area contributed by atoms with Crippen molar-refractivity contribution in [3.8, 4) is 0 Å². The largest absolute Gasteiger partial charge is 0.469 e. The van der Waals surface area contributed by atoms with Crippen molar-refractivity contribution in [2.45, 2.75) is 32.1 Å². The van der Waals surface area contributed by atoms with Gasteiger partial charge in [0.05, 0.1) is 13.5 Å². The number of carbonyl (C=O) groups is 2.